The van der Waals surface area contributed by atoms with Crippen LogP contribution in [0.5, 0.6) is 0 Å². The molecule has 0 aliphatic heterocycles. The van der Waals surface area contributed by atoms with E-state index >= 15 is 4.39 Å². The number of hydrogen-bond acceptors (Lipinski definition) is 7. The summed E-state index contributed by atoms with van der Waals surface area (Å²) < 4.78 is 57.2. The molecule has 0 unspecified atom stereocenters. The maximum absolute atomic E-state index is 15.3. The number of nitrogens with zero attached hydrogens (tertiary/aromatic N) is 3. The summed E-state index contributed by atoms with van der Waals surface area (Å²) in [6.07, 6.45) is 7.27. The second-order valence-corrected chi connectivity index (χ2v) is 9.56. The van der Waals surface area contributed by atoms with Gasteiger partial charge in [-0.1, -0.05) is 0 Å². The number of nitrogens with one attached hydrogen (secondary N) is 3. The van der Waals surface area contributed by atoms with Gasteiger partial charge >= 0.3 is 0 Å². The van der Waals surface area contributed by atoms with Gasteiger partial charge in [0.2, 0.25) is 5.78 Å². The maximum atomic E-state index is 15.3. The molecule has 0 atom stereocenters. The van der Waals surface area contributed by atoms with Crippen LogP contribution in [0.4, 0.5) is 20.3 Å². The summed E-state index contributed by atoms with van der Waals surface area (Å²) in [6, 6.07) is 4.41. The van der Waals surface area contributed by atoms with E-state index in [0.717, 1.165) is 31.2 Å². The normalized spacial score (nSPS) is 13.7. The Labute approximate surface area is 192 Å². The van der Waals surface area contributed by atoms with E-state index in [4.69, 9.17) is 0 Å². The van der Waals surface area contributed by atoms with E-state index in [9.17, 15) is 17.6 Å². The highest BCUT2D eigenvalue weighted by molar-refractivity contribution is 7.92. The van der Waals surface area contributed by atoms with Crippen LogP contribution in [0.1, 0.15) is 28.8 Å². The molecule has 174 valence electrons. The molecule has 1 aliphatic carbocycles. The van der Waals surface area contributed by atoms with Crippen molar-refractivity contribution in [3.05, 3.63) is 71.9 Å². The molecule has 0 saturated heterocycles. The first kappa shape index (κ1) is 21.9. The SMILES string of the molecule is O=C(c1c(F)ccc(NS(=O)(=O)c2cccnc2)c1F)c1c[nH]c2ncnc(NCC3CC3)c12. The van der Waals surface area contributed by atoms with Crippen LogP contribution in [-0.4, -0.2) is 40.7 Å². The van der Waals surface area contributed by atoms with E-state index in [1.54, 1.807) is 0 Å². The fourth-order valence-corrected chi connectivity index (χ4v) is 4.55. The van der Waals surface area contributed by atoms with Crippen LogP contribution in [0.15, 0.2) is 54.1 Å². The molecule has 3 heterocycles. The molecule has 5 rings (SSSR count). The lowest BCUT2D eigenvalue weighted by atomic mass is 10.0. The monoisotopic (exact) mass is 484 g/mol. The molecule has 0 bridgehead atoms. The van der Waals surface area contributed by atoms with Crippen molar-refractivity contribution in [3.8, 4) is 0 Å². The first-order valence-corrected chi connectivity index (χ1v) is 11.8. The number of aromatic nitrogens is 4. The maximum Gasteiger partial charge on any atom is 0.263 e. The Kier molecular flexibility index (Phi) is 5.44. The number of carbonyl (C=O) groups is 1. The molecule has 1 aliphatic rings. The Balaban J connectivity index is 1.53. The molecule has 3 aromatic heterocycles. The topological polar surface area (TPSA) is 130 Å². The highest BCUT2D eigenvalue weighted by atomic mass is 32.2. The first-order chi connectivity index (χ1) is 16.3. The summed E-state index contributed by atoms with van der Waals surface area (Å²) in [5, 5.41) is 3.46. The summed E-state index contributed by atoms with van der Waals surface area (Å²) in [7, 11) is -4.22. The molecule has 9 nitrogen and oxygen atoms in total. The van der Waals surface area contributed by atoms with E-state index in [1.165, 1.54) is 30.9 Å². The smallest absolute Gasteiger partial charge is 0.263 e. The van der Waals surface area contributed by atoms with E-state index in [1.807, 2.05) is 0 Å². The van der Waals surface area contributed by atoms with Crippen LogP contribution in [-0.2, 0) is 10.0 Å². The number of carbonyl (C=O) groups excluding carboxylic acids is 1. The van der Waals surface area contributed by atoms with E-state index in [0.29, 0.717) is 29.3 Å². The zero-order valence-corrected chi connectivity index (χ0v) is 18.4. The van der Waals surface area contributed by atoms with Gasteiger partial charge in [-0.05, 0) is 43.0 Å². The van der Waals surface area contributed by atoms with Gasteiger partial charge in [-0.15, -0.1) is 0 Å². The Morgan fingerprint density at radius 1 is 1.18 bits per heavy atom. The molecule has 1 saturated carbocycles. The number of benzene rings is 1. The van der Waals surface area contributed by atoms with Gasteiger partial charge in [0.1, 0.15) is 28.5 Å². The fraction of sp³-hybridized carbons (Fsp3) is 0.182. The largest absolute Gasteiger partial charge is 0.369 e. The van der Waals surface area contributed by atoms with Crippen molar-refractivity contribution in [2.24, 2.45) is 5.92 Å². The minimum Gasteiger partial charge on any atom is -0.369 e. The van der Waals surface area contributed by atoms with Crippen LogP contribution >= 0.6 is 0 Å². The summed E-state index contributed by atoms with van der Waals surface area (Å²) >= 11 is 0. The highest BCUT2D eigenvalue weighted by Gasteiger charge is 2.28. The Bertz CT molecular complexity index is 1500. The molecule has 0 amide bonds. The van der Waals surface area contributed by atoms with Crippen molar-refractivity contribution < 1.29 is 22.0 Å². The second kappa shape index (κ2) is 8.45. The van der Waals surface area contributed by atoms with Gasteiger partial charge in [-0.3, -0.25) is 14.5 Å². The Morgan fingerprint density at radius 2 is 2.00 bits per heavy atom. The number of halogens is 2. The number of aromatic amines is 1. The summed E-state index contributed by atoms with van der Waals surface area (Å²) in [5.74, 6) is -2.56. The molecule has 3 N–H and O–H groups in total. The van der Waals surface area contributed by atoms with Crippen LogP contribution < -0.4 is 10.0 Å². The van der Waals surface area contributed by atoms with Crippen LogP contribution in [0.3, 0.4) is 0 Å². The predicted octanol–water partition coefficient (Wildman–Crippen LogP) is 3.48. The quantitative estimate of drug-likeness (QED) is 0.327. The Morgan fingerprint density at radius 3 is 2.74 bits per heavy atom. The summed E-state index contributed by atoms with van der Waals surface area (Å²) in [5.41, 5.74) is -1.19. The molecule has 1 aromatic carbocycles. The number of H-pyrrole nitrogens is 1. The van der Waals surface area contributed by atoms with Gasteiger partial charge < -0.3 is 10.3 Å². The number of anilines is 2. The number of pyridine rings is 1. The molecule has 4 aromatic rings. The van der Waals surface area contributed by atoms with Crippen molar-refractivity contribution in [1.29, 1.82) is 0 Å². The molecule has 12 heteroatoms. The van der Waals surface area contributed by atoms with Gasteiger partial charge in [-0.25, -0.2) is 27.2 Å². The highest BCUT2D eigenvalue weighted by Crippen LogP contribution is 2.32. The van der Waals surface area contributed by atoms with E-state index in [-0.39, 0.29) is 10.5 Å². The van der Waals surface area contributed by atoms with Crippen molar-refractivity contribution >= 4 is 38.3 Å². The number of rotatable bonds is 8. The third kappa shape index (κ3) is 4.07. The molecule has 0 spiro atoms. The Hall–Kier alpha value is -3.93. The zero-order valence-electron chi connectivity index (χ0n) is 17.5. The minimum absolute atomic E-state index is 0.0426. The molecule has 1 fully saturated rings. The molecular formula is C22H18F2N6O3S. The van der Waals surface area contributed by atoms with E-state index < -0.39 is 38.7 Å². The summed E-state index contributed by atoms with van der Waals surface area (Å²) in [4.78, 5) is 27.9. The van der Waals surface area contributed by atoms with Gasteiger partial charge in [0, 0.05) is 25.1 Å². The molecule has 0 radical (unpaired) electrons. The summed E-state index contributed by atoms with van der Waals surface area (Å²) in [6.45, 7) is 0.652. The van der Waals surface area contributed by atoms with Gasteiger partial charge in [0.05, 0.1) is 22.2 Å². The van der Waals surface area contributed by atoms with Crippen LogP contribution in [0.25, 0.3) is 11.0 Å². The third-order valence-corrected chi connectivity index (χ3v) is 6.83. The van der Waals surface area contributed by atoms with Crippen molar-refractivity contribution in [2.75, 3.05) is 16.6 Å². The third-order valence-electron chi connectivity index (χ3n) is 5.48. The average molecular weight is 484 g/mol. The number of ketones is 1. The van der Waals surface area contributed by atoms with Crippen LogP contribution in [0, 0.1) is 17.6 Å². The number of sulfonamides is 1. The van der Waals surface area contributed by atoms with Crippen molar-refractivity contribution in [3.63, 3.8) is 0 Å². The van der Waals surface area contributed by atoms with E-state index in [2.05, 4.69) is 30.0 Å². The van der Waals surface area contributed by atoms with Crippen LogP contribution in [0.2, 0.25) is 0 Å². The van der Waals surface area contributed by atoms with Gasteiger partial charge in [-0.2, -0.15) is 0 Å². The average Bonchev–Trinajstić information content (AvgIpc) is 3.56. The zero-order chi connectivity index (χ0) is 23.9. The van der Waals surface area contributed by atoms with Gasteiger partial charge in [0.15, 0.2) is 5.82 Å². The second-order valence-electron chi connectivity index (χ2n) is 7.88. The number of fused-ring (bicyclic) bond motifs is 1. The lowest BCUT2D eigenvalue weighted by Gasteiger charge is -2.12. The van der Waals surface area contributed by atoms with Crippen molar-refractivity contribution in [2.45, 2.75) is 17.7 Å². The predicted molar refractivity (Wildman–Crippen MR) is 120 cm³/mol. The minimum atomic E-state index is -4.22. The fourth-order valence-electron chi connectivity index (χ4n) is 3.52. The van der Waals surface area contributed by atoms with Crippen molar-refractivity contribution in [1.82, 2.24) is 19.9 Å². The van der Waals surface area contributed by atoms with Gasteiger partial charge in [0.25, 0.3) is 10.0 Å². The molecule has 34 heavy (non-hydrogen) atoms. The molecular weight excluding hydrogens is 466 g/mol. The number of hydrogen-bond donors (Lipinski definition) is 3. The standard InChI is InChI=1S/C22H18F2N6O3S/c23-15-5-6-16(30-34(32,33)13-2-1-7-25-9-13)19(24)18(15)20(31)14-10-27-22-17(14)21(28-11-29-22)26-8-12-3-4-12/h1-2,5-7,9-12,30H,3-4,8H2,(H2,26,27,28,29). The first-order valence-electron chi connectivity index (χ1n) is 10.4. The lowest BCUT2D eigenvalue weighted by molar-refractivity contribution is 0.103. The lowest BCUT2D eigenvalue weighted by Crippen LogP contribution is -2.16.